The molecule has 1 amide bonds. The fraction of sp³-hybridized carbons (Fsp3) is 0.350. The van der Waals surface area contributed by atoms with Crippen molar-refractivity contribution in [3.05, 3.63) is 40.5 Å². The summed E-state index contributed by atoms with van der Waals surface area (Å²) in [6, 6.07) is 7.42. The number of carbonyl (C=O) groups is 1. The number of nitrogens with one attached hydrogen (secondary N) is 1. The number of methoxy groups -OCH3 is 1. The Kier molecular flexibility index (Phi) is 5.06. The number of anilines is 1. The molecule has 3 aromatic rings. The molecule has 0 unspecified atom stereocenters. The van der Waals surface area contributed by atoms with Crippen molar-refractivity contribution in [1.29, 1.82) is 0 Å². The number of thioether (sulfide) groups is 1. The zero-order valence-electron chi connectivity index (χ0n) is 15.5. The van der Waals surface area contributed by atoms with E-state index in [1.807, 2.05) is 24.3 Å². The monoisotopic (exact) mass is 399 g/mol. The van der Waals surface area contributed by atoms with Gasteiger partial charge in [-0.2, -0.15) is 0 Å². The van der Waals surface area contributed by atoms with E-state index in [-0.39, 0.29) is 5.91 Å². The molecule has 7 heteroatoms. The van der Waals surface area contributed by atoms with Crippen LogP contribution < -0.4 is 10.1 Å². The highest BCUT2D eigenvalue weighted by Gasteiger charge is 2.28. The van der Waals surface area contributed by atoms with Crippen molar-refractivity contribution >= 4 is 44.9 Å². The van der Waals surface area contributed by atoms with Crippen LogP contribution in [0.4, 0.5) is 5.69 Å². The zero-order valence-corrected chi connectivity index (χ0v) is 17.2. The molecule has 27 heavy (non-hydrogen) atoms. The summed E-state index contributed by atoms with van der Waals surface area (Å²) in [6.07, 6.45) is 2.32. The topological polar surface area (TPSA) is 64.1 Å². The van der Waals surface area contributed by atoms with Crippen molar-refractivity contribution in [2.75, 3.05) is 18.2 Å². The van der Waals surface area contributed by atoms with Crippen molar-refractivity contribution in [1.82, 2.24) is 9.97 Å². The number of aromatic nitrogens is 2. The van der Waals surface area contributed by atoms with Gasteiger partial charge in [-0.1, -0.05) is 23.9 Å². The Morgan fingerprint density at radius 2 is 2.07 bits per heavy atom. The number of ether oxygens (including phenoxy) is 1. The SMILES string of the molecule is COc1ccccc1NC(=O)CSc1nc(C2CC2)nc2sc(C)c(C)c12. The van der Waals surface area contributed by atoms with Gasteiger partial charge < -0.3 is 10.1 Å². The zero-order chi connectivity index (χ0) is 19.0. The Morgan fingerprint density at radius 1 is 1.30 bits per heavy atom. The molecule has 4 rings (SSSR count). The van der Waals surface area contributed by atoms with Crippen molar-refractivity contribution in [2.45, 2.75) is 37.6 Å². The lowest BCUT2D eigenvalue weighted by Gasteiger charge is -2.10. The first-order chi connectivity index (χ1) is 13.1. The Labute approximate surface area is 166 Å². The second-order valence-electron chi connectivity index (χ2n) is 6.66. The number of carbonyl (C=O) groups excluding carboxylic acids is 1. The van der Waals surface area contributed by atoms with E-state index < -0.39 is 0 Å². The fourth-order valence-electron chi connectivity index (χ4n) is 2.93. The van der Waals surface area contributed by atoms with E-state index in [9.17, 15) is 4.79 Å². The third kappa shape index (κ3) is 3.80. The van der Waals surface area contributed by atoms with E-state index in [1.165, 1.54) is 22.2 Å². The number of para-hydroxylation sites is 2. The predicted octanol–water partition coefficient (Wildman–Crippen LogP) is 4.92. The maximum atomic E-state index is 12.5. The molecule has 140 valence electrons. The molecular formula is C20H21N3O2S2. The lowest BCUT2D eigenvalue weighted by molar-refractivity contribution is -0.113. The van der Waals surface area contributed by atoms with Gasteiger partial charge in [0.25, 0.3) is 0 Å². The maximum absolute atomic E-state index is 12.5. The summed E-state index contributed by atoms with van der Waals surface area (Å²) in [5, 5.41) is 4.93. The smallest absolute Gasteiger partial charge is 0.234 e. The first-order valence-electron chi connectivity index (χ1n) is 8.90. The molecule has 5 nitrogen and oxygen atoms in total. The summed E-state index contributed by atoms with van der Waals surface area (Å²) >= 11 is 3.19. The van der Waals surface area contributed by atoms with Crippen LogP contribution in [-0.4, -0.2) is 28.7 Å². The predicted molar refractivity (Wildman–Crippen MR) is 111 cm³/mol. The summed E-state index contributed by atoms with van der Waals surface area (Å²) in [5.74, 6) is 2.28. The maximum Gasteiger partial charge on any atom is 0.234 e. The van der Waals surface area contributed by atoms with Gasteiger partial charge in [-0.25, -0.2) is 9.97 Å². The van der Waals surface area contributed by atoms with Gasteiger partial charge in [-0.15, -0.1) is 11.3 Å². The number of rotatable bonds is 6. The quantitative estimate of drug-likeness (QED) is 0.470. The van der Waals surface area contributed by atoms with Crippen LogP contribution in [0, 0.1) is 13.8 Å². The molecule has 1 saturated carbocycles. The minimum Gasteiger partial charge on any atom is -0.495 e. The van der Waals surface area contributed by atoms with Crippen molar-refractivity contribution in [3.63, 3.8) is 0 Å². The number of fused-ring (bicyclic) bond motifs is 1. The molecule has 0 radical (unpaired) electrons. The third-order valence-corrected chi connectivity index (χ3v) is 6.75. The minimum absolute atomic E-state index is 0.0751. The van der Waals surface area contributed by atoms with Gasteiger partial charge in [0.05, 0.1) is 18.6 Å². The van der Waals surface area contributed by atoms with Crippen LogP contribution in [0.2, 0.25) is 0 Å². The number of hydrogen-bond donors (Lipinski definition) is 1. The van der Waals surface area contributed by atoms with Crippen molar-refractivity contribution in [2.24, 2.45) is 0 Å². The second-order valence-corrected chi connectivity index (χ2v) is 8.83. The van der Waals surface area contributed by atoms with Gasteiger partial charge in [0, 0.05) is 16.2 Å². The summed E-state index contributed by atoms with van der Waals surface area (Å²) in [6.45, 7) is 4.22. The number of benzene rings is 1. The van der Waals surface area contributed by atoms with E-state index in [4.69, 9.17) is 14.7 Å². The number of amides is 1. The molecule has 0 spiro atoms. The first-order valence-corrected chi connectivity index (χ1v) is 10.7. The van der Waals surface area contributed by atoms with Crippen molar-refractivity contribution < 1.29 is 9.53 Å². The highest BCUT2D eigenvalue weighted by Crippen LogP contribution is 2.42. The summed E-state index contributed by atoms with van der Waals surface area (Å²) < 4.78 is 5.29. The highest BCUT2D eigenvalue weighted by molar-refractivity contribution is 8.00. The molecular weight excluding hydrogens is 378 g/mol. The number of aryl methyl sites for hydroxylation is 2. The Morgan fingerprint density at radius 3 is 2.81 bits per heavy atom. The highest BCUT2D eigenvalue weighted by atomic mass is 32.2. The van der Waals surface area contributed by atoms with Gasteiger partial charge in [0.1, 0.15) is 21.4 Å². The van der Waals surface area contributed by atoms with Crippen LogP contribution in [0.3, 0.4) is 0 Å². The largest absolute Gasteiger partial charge is 0.495 e. The van der Waals surface area contributed by atoms with Gasteiger partial charge >= 0.3 is 0 Å². The lowest BCUT2D eigenvalue weighted by atomic mass is 10.2. The van der Waals surface area contributed by atoms with Crippen LogP contribution in [0.1, 0.15) is 35.0 Å². The molecule has 0 aliphatic heterocycles. The number of hydrogen-bond acceptors (Lipinski definition) is 6. The normalized spacial score (nSPS) is 13.7. The number of nitrogens with zero attached hydrogens (tertiary/aromatic N) is 2. The van der Waals surface area contributed by atoms with E-state index in [0.29, 0.717) is 23.1 Å². The van der Waals surface area contributed by atoms with Crippen LogP contribution in [0.15, 0.2) is 29.3 Å². The van der Waals surface area contributed by atoms with Crippen LogP contribution in [-0.2, 0) is 4.79 Å². The van der Waals surface area contributed by atoms with Crippen LogP contribution in [0.5, 0.6) is 5.75 Å². The van der Waals surface area contributed by atoms with E-state index in [0.717, 1.165) is 33.9 Å². The molecule has 0 bridgehead atoms. The molecule has 1 aliphatic carbocycles. The van der Waals surface area contributed by atoms with Gasteiger partial charge in [-0.05, 0) is 44.4 Å². The van der Waals surface area contributed by atoms with Crippen LogP contribution >= 0.6 is 23.1 Å². The van der Waals surface area contributed by atoms with Crippen LogP contribution in [0.25, 0.3) is 10.2 Å². The summed E-state index contributed by atoms with van der Waals surface area (Å²) in [7, 11) is 1.60. The molecule has 2 aromatic heterocycles. The van der Waals surface area contributed by atoms with E-state index >= 15 is 0 Å². The molecule has 1 aromatic carbocycles. The third-order valence-electron chi connectivity index (χ3n) is 4.68. The Hall–Kier alpha value is -2.12. The minimum atomic E-state index is -0.0751. The molecule has 1 fully saturated rings. The molecule has 0 atom stereocenters. The first kappa shape index (κ1) is 18.3. The number of thiophene rings is 1. The fourth-order valence-corrected chi connectivity index (χ4v) is 4.92. The van der Waals surface area contributed by atoms with E-state index in [2.05, 4.69) is 19.2 Å². The molecule has 0 saturated heterocycles. The lowest BCUT2D eigenvalue weighted by Crippen LogP contribution is -2.15. The summed E-state index contributed by atoms with van der Waals surface area (Å²) in [4.78, 5) is 24.4. The Balaban J connectivity index is 1.55. The Bertz CT molecular complexity index is 1010. The molecule has 2 heterocycles. The van der Waals surface area contributed by atoms with Gasteiger partial charge in [-0.3, -0.25) is 4.79 Å². The molecule has 1 N–H and O–H groups in total. The summed E-state index contributed by atoms with van der Waals surface area (Å²) in [5.41, 5.74) is 1.89. The average molecular weight is 400 g/mol. The van der Waals surface area contributed by atoms with Gasteiger partial charge in [0.15, 0.2) is 0 Å². The van der Waals surface area contributed by atoms with Crippen molar-refractivity contribution in [3.8, 4) is 5.75 Å². The average Bonchev–Trinajstić information content (AvgIpc) is 3.47. The van der Waals surface area contributed by atoms with Gasteiger partial charge in [0.2, 0.25) is 5.91 Å². The second kappa shape index (κ2) is 7.48. The van der Waals surface area contributed by atoms with E-state index in [1.54, 1.807) is 18.4 Å². The molecule has 1 aliphatic rings. The standard InChI is InChI=1S/C20H21N3O2S2/c1-11-12(2)27-20-17(11)19(22-18(23-20)13-8-9-13)26-10-16(24)21-14-6-4-5-7-15(14)25-3/h4-7,13H,8-10H2,1-3H3,(H,21,24).